The molecule has 0 aromatic heterocycles. The van der Waals surface area contributed by atoms with Crippen molar-refractivity contribution in [1.29, 1.82) is 5.41 Å². The molecule has 0 fully saturated rings. The van der Waals surface area contributed by atoms with Gasteiger partial charge in [0.15, 0.2) is 0 Å². The van der Waals surface area contributed by atoms with Gasteiger partial charge in [-0.3, -0.25) is 9.98 Å². The largest absolute Gasteiger partial charge is 0.312 e. The minimum Gasteiger partial charge on any atom is -0.312 e. The predicted octanol–water partition coefficient (Wildman–Crippen LogP) is 1.64. The van der Waals surface area contributed by atoms with E-state index in [0.29, 0.717) is 5.71 Å². The fourth-order valence-corrected chi connectivity index (χ4v) is 0.872. The lowest BCUT2D eigenvalue weighted by Crippen LogP contribution is -2.31. The Morgan fingerprint density at radius 2 is 2.29 bits per heavy atom. The maximum atomic E-state index is 7.23. The van der Waals surface area contributed by atoms with Crippen molar-refractivity contribution >= 4 is 18.6 Å². The van der Waals surface area contributed by atoms with Gasteiger partial charge in [0.2, 0.25) is 0 Å². The van der Waals surface area contributed by atoms with Gasteiger partial charge in [0.1, 0.15) is 0 Å². The minimum atomic E-state index is 0.0762. The molecule has 2 N–H and O–H groups in total. The summed E-state index contributed by atoms with van der Waals surface area (Å²) in [6.45, 7) is 7.33. The molecule has 0 rings (SSSR count). The van der Waals surface area contributed by atoms with Crippen LogP contribution in [0.5, 0.6) is 0 Å². The summed E-state index contributed by atoms with van der Waals surface area (Å²) in [5, 5.41) is 10.3. The highest BCUT2D eigenvalue weighted by Crippen LogP contribution is 2.03. The zero-order valence-electron chi connectivity index (χ0n) is 9.04. The molecule has 78 valence electrons. The fourth-order valence-electron chi connectivity index (χ4n) is 0.872. The summed E-state index contributed by atoms with van der Waals surface area (Å²) in [5.74, 6) is 0. The van der Waals surface area contributed by atoms with Crippen LogP contribution in [0.3, 0.4) is 0 Å². The van der Waals surface area contributed by atoms with Crippen LogP contribution in [0.2, 0.25) is 0 Å². The lowest BCUT2D eigenvalue weighted by molar-refractivity contribution is 0.766. The molecule has 0 saturated heterocycles. The van der Waals surface area contributed by atoms with Crippen molar-refractivity contribution in [3.8, 4) is 0 Å². The predicted molar refractivity (Wildman–Crippen MR) is 62.7 cm³/mol. The molecule has 0 aliphatic rings. The van der Waals surface area contributed by atoms with E-state index in [2.05, 4.69) is 22.0 Å². The van der Waals surface area contributed by atoms with Gasteiger partial charge >= 0.3 is 0 Å². The highest BCUT2D eigenvalue weighted by molar-refractivity contribution is 6.32. The molecule has 0 bridgehead atoms. The molecule has 1 unspecified atom stereocenters. The molecule has 14 heavy (non-hydrogen) atoms. The number of hydrogen-bond acceptors (Lipinski definition) is 4. The summed E-state index contributed by atoms with van der Waals surface area (Å²) in [7, 11) is 1.84. The first-order valence-corrected chi connectivity index (χ1v) is 4.60. The Labute approximate surface area is 85.4 Å². The average Bonchev–Trinajstić information content (AvgIpc) is 2.23. The Kier molecular flexibility index (Phi) is 6.49. The normalized spacial score (nSPS) is 15.1. The van der Waals surface area contributed by atoms with Gasteiger partial charge in [-0.15, -0.1) is 0 Å². The highest BCUT2D eigenvalue weighted by Gasteiger charge is 2.05. The maximum Gasteiger partial charge on any atom is 0.0749 e. The van der Waals surface area contributed by atoms with Crippen LogP contribution in [-0.2, 0) is 0 Å². The molecule has 0 aliphatic heterocycles. The van der Waals surface area contributed by atoms with Gasteiger partial charge in [0.05, 0.1) is 11.4 Å². The molecule has 0 saturated carbocycles. The second-order valence-corrected chi connectivity index (χ2v) is 2.85. The van der Waals surface area contributed by atoms with Crippen molar-refractivity contribution in [2.24, 2.45) is 9.98 Å². The molecule has 4 heteroatoms. The van der Waals surface area contributed by atoms with E-state index in [-0.39, 0.29) is 6.04 Å². The van der Waals surface area contributed by atoms with Crippen molar-refractivity contribution < 1.29 is 0 Å². The summed E-state index contributed by atoms with van der Waals surface area (Å²) < 4.78 is 0. The summed E-state index contributed by atoms with van der Waals surface area (Å²) in [5.41, 5.74) is 1.53. The van der Waals surface area contributed by atoms with Crippen LogP contribution in [0, 0.1) is 5.41 Å². The number of aliphatic imine (C=N–C) groups is 2. The van der Waals surface area contributed by atoms with Crippen LogP contribution >= 0.6 is 0 Å². The molecular weight excluding hydrogens is 176 g/mol. The second kappa shape index (κ2) is 7.15. The first kappa shape index (κ1) is 12.7. The highest BCUT2D eigenvalue weighted by atomic mass is 14.9. The van der Waals surface area contributed by atoms with E-state index in [9.17, 15) is 0 Å². The lowest BCUT2D eigenvalue weighted by atomic mass is 10.2. The molecule has 0 radical (unpaired) electrons. The van der Waals surface area contributed by atoms with Gasteiger partial charge in [0.25, 0.3) is 0 Å². The van der Waals surface area contributed by atoms with Crippen LogP contribution in [0.15, 0.2) is 21.9 Å². The third-order valence-electron chi connectivity index (χ3n) is 1.90. The van der Waals surface area contributed by atoms with Gasteiger partial charge in [-0.25, -0.2) is 0 Å². The number of allylic oxidation sites excluding steroid dienone is 1. The Morgan fingerprint density at radius 1 is 1.64 bits per heavy atom. The monoisotopic (exact) mass is 194 g/mol. The SMILES string of the molecule is C=N/C=C(CC)\N=C(\C=N)C(C)NC. The molecule has 0 aliphatic carbocycles. The lowest BCUT2D eigenvalue weighted by Gasteiger charge is -2.09. The first-order valence-electron chi connectivity index (χ1n) is 4.60. The Hall–Kier alpha value is -1.29. The molecule has 0 spiro atoms. The van der Waals surface area contributed by atoms with Crippen molar-refractivity contribution in [2.75, 3.05) is 7.05 Å². The summed E-state index contributed by atoms with van der Waals surface area (Å²) in [6.07, 6.45) is 3.66. The summed E-state index contributed by atoms with van der Waals surface area (Å²) >= 11 is 0. The smallest absolute Gasteiger partial charge is 0.0749 e. The van der Waals surface area contributed by atoms with E-state index >= 15 is 0 Å². The minimum absolute atomic E-state index is 0.0762. The van der Waals surface area contributed by atoms with E-state index in [1.807, 2.05) is 20.9 Å². The van der Waals surface area contributed by atoms with Crippen LogP contribution < -0.4 is 5.32 Å². The van der Waals surface area contributed by atoms with Gasteiger partial charge in [-0.05, 0) is 27.1 Å². The van der Waals surface area contributed by atoms with Crippen LogP contribution in [-0.4, -0.2) is 31.7 Å². The van der Waals surface area contributed by atoms with Crippen molar-refractivity contribution in [3.05, 3.63) is 11.9 Å². The zero-order chi connectivity index (χ0) is 11.0. The zero-order valence-corrected chi connectivity index (χ0v) is 9.04. The standard InChI is InChI=1S/C10H18N4/c1-5-9(7-12-3)14-10(6-11)8(2)13-4/h6-8,11,13H,3,5H2,1-2,4H3/b9-7-,11-6?,14-10-. The van der Waals surface area contributed by atoms with Gasteiger partial charge in [-0.1, -0.05) is 6.92 Å². The molecule has 0 aromatic rings. The van der Waals surface area contributed by atoms with E-state index in [0.717, 1.165) is 12.1 Å². The molecule has 1 atom stereocenters. The van der Waals surface area contributed by atoms with E-state index in [1.165, 1.54) is 6.21 Å². The average molecular weight is 194 g/mol. The van der Waals surface area contributed by atoms with Gasteiger partial charge < -0.3 is 10.7 Å². The number of nitrogens with zero attached hydrogens (tertiary/aromatic N) is 2. The quantitative estimate of drug-likeness (QED) is 0.620. The van der Waals surface area contributed by atoms with Crippen LogP contribution in [0.25, 0.3) is 0 Å². The Balaban J connectivity index is 4.80. The third kappa shape index (κ3) is 4.09. The fraction of sp³-hybridized carbons (Fsp3) is 0.500. The van der Waals surface area contributed by atoms with Crippen molar-refractivity contribution in [3.63, 3.8) is 0 Å². The second-order valence-electron chi connectivity index (χ2n) is 2.85. The molecular formula is C10H18N4. The maximum absolute atomic E-state index is 7.23. The number of hydrogen-bond donors (Lipinski definition) is 2. The van der Waals surface area contributed by atoms with E-state index in [1.54, 1.807) is 6.20 Å². The number of nitrogens with one attached hydrogen (secondary N) is 2. The van der Waals surface area contributed by atoms with Crippen molar-refractivity contribution in [1.82, 2.24) is 5.32 Å². The Morgan fingerprint density at radius 3 is 2.64 bits per heavy atom. The first-order chi connectivity index (χ1) is 6.69. The van der Waals surface area contributed by atoms with Gasteiger partial charge in [-0.2, -0.15) is 0 Å². The van der Waals surface area contributed by atoms with Crippen molar-refractivity contribution in [2.45, 2.75) is 26.3 Å². The Bertz CT molecular complexity index is 253. The topological polar surface area (TPSA) is 60.6 Å². The third-order valence-corrected chi connectivity index (χ3v) is 1.90. The summed E-state index contributed by atoms with van der Waals surface area (Å²) in [4.78, 5) is 7.98. The molecule has 0 aromatic carbocycles. The molecule has 0 heterocycles. The van der Waals surface area contributed by atoms with Gasteiger partial charge in [0, 0.05) is 18.5 Å². The van der Waals surface area contributed by atoms with Crippen LogP contribution in [0.4, 0.5) is 0 Å². The molecule has 0 amide bonds. The summed E-state index contributed by atoms with van der Waals surface area (Å²) in [6, 6.07) is 0.0762. The number of rotatable bonds is 6. The van der Waals surface area contributed by atoms with Crippen LogP contribution in [0.1, 0.15) is 20.3 Å². The van der Waals surface area contributed by atoms with E-state index < -0.39 is 0 Å². The molecule has 4 nitrogen and oxygen atoms in total. The van der Waals surface area contributed by atoms with E-state index in [4.69, 9.17) is 5.41 Å².